The number of ether oxygens (including phenoxy) is 3. The minimum Gasteiger partial charge on any atom is -0.497 e. The molecule has 5 rings (SSSR count). The van der Waals surface area contributed by atoms with Crippen LogP contribution < -0.4 is 24.8 Å². The SMILES string of the molecule is CCOc1cc(-c2ncc(NC(=O)Nc3cc(C(F)(F)F)c(CN4CCN(CC)CC4)cc3F)c(C)n2)cnc1OCc1ccc(OC)cc1. The summed E-state index contributed by atoms with van der Waals surface area (Å²) in [6.07, 6.45) is -1.89. The van der Waals surface area contributed by atoms with Gasteiger partial charge in [0.15, 0.2) is 11.6 Å². The number of carbonyl (C=O) groups is 1. The van der Waals surface area contributed by atoms with E-state index in [4.69, 9.17) is 14.2 Å². The van der Waals surface area contributed by atoms with Crippen LogP contribution in [0.1, 0.15) is 36.2 Å². The molecule has 0 aliphatic carbocycles. The molecule has 0 unspecified atom stereocenters. The maximum absolute atomic E-state index is 15.1. The molecule has 4 aromatic rings. The number of nitrogens with one attached hydrogen (secondary N) is 2. The Morgan fingerprint density at radius 2 is 1.62 bits per heavy atom. The molecular weight excluding hydrogens is 658 g/mol. The van der Waals surface area contributed by atoms with Crippen molar-refractivity contribution in [2.45, 2.75) is 40.1 Å². The molecule has 1 aliphatic rings. The summed E-state index contributed by atoms with van der Waals surface area (Å²) < 4.78 is 74.1. The van der Waals surface area contributed by atoms with Gasteiger partial charge in [0.1, 0.15) is 18.2 Å². The number of likely N-dealkylation sites (N-methyl/N-ethyl adjacent to an activating group) is 1. The molecule has 0 radical (unpaired) electrons. The van der Waals surface area contributed by atoms with Crippen LogP contribution >= 0.6 is 0 Å². The maximum atomic E-state index is 15.1. The molecule has 1 fully saturated rings. The highest BCUT2D eigenvalue weighted by Crippen LogP contribution is 2.36. The minimum atomic E-state index is -4.75. The van der Waals surface area contributed by atoms with Crippen molar-refractivity contribution in [2.75, 3.05) is 57.1 Å². The maximum Gasteiger partial charge on any atom is 0.416 e. The van der Waals surface area contributed by atoms with Gasteiger partial charge in [-0.05, 0) is 61.9 Å². The van der Waals surface area contributed by atoms with E-state index in [1.54, 1.807) is 20.1 Å². The molecule has 3 heterocycles. The zero-order valence-corrected chi connectivity index (χ0v) is 28.2. The molecule has 0 spiro atoms. The Morgan fingerprint density at radius 3 is 2.26 bits per heavy atom. The first kappa shape index (κ1) is 36.3. The topological polar surface area (TPSA) is 114 Å². The number of rotatable bonds is 12. The Morgan fingerprint density at radius 1 is 0.920 bits per heavy atom. The van der Waals surface area contributed by atoms with Crippen LogP contribution in [-0.2, 0) is 19.3 Å². The fourth-order valence-electron chi connectivity index (χ4n) is 5.41. The van der Waals surface area contributed by atoms with Gasteiger partial charge in [0.05, 0.1) is 42.5 Å². The molecule has 0 bridgehead atoms. The molecule has 1 saturated heterocycles. The quantitative estimate of drug-likeness (QED) is 0.155. The number of amides is 2. The molecule has 266 valence electrons. The van der Waals surface area contributed by atoms with Gasteiger partial charge in [-0.1, -0.05) is 19.1 Å². The van der Waals surface area contributed by atoms with Gasteiger partial charge in [-0.3, -0.25) is 4.90 Å². The Kier molecular flexibility index (Phi) is 11.7. The number of urea groups is 1. The molecule has 50 heavy (non-hydrogen) atoms. The number of aromatic nitrogens is 3. The number of pyridine rings is 1. The lowest BCUT2D eigenvalue weighted by atomic mass is 10.0. The Hall–Kier alpha value is -5.02. The highest BCUT2D eigenvalue weighted by molar-refractivity contribution is 6.00. The van der Waals surface area contributed by atoms with E-state index in [0.29, 0.717) is 42.8 Å². The summed E-state index contributed by atoms with van der Waals surface area (Å²) >= 11 is 0. The number of aryl methyl sites for hydroxylation is 1. The summed E-state index contributed by atoms with van der Waals surface area (Å²) in [5.41, 5.74) is 0.132. The van der Waals surface area contributed by atoms with Gasteiger partial charge in [-0.25, -0.2) is 24.1 Å². The number of alkyl halides is 3. The Balaban J connectivity index is 1.26. The van der Waals surface area contributed by atoms with Crippen LogP contribution in [0.2, 0.25) is 0 Å². The van der Waals surface area contributed by atoms with Gasteiger partial charge in [-0.15, -0.1) is 0 Å². The number of methoxy groups -OCH3 is 1. The summed E-state index contributed by atoms with van der Waals surface area (Å²) in [6.45, 7) is 9.46. The third kappa shape index (κ3) is 9.15. The number of halogens is 4. The van der Waals surface area contributed by atoms with Gasteiger partial charge >= 0.3 is 12.2 Å². The number of nitrogens with zero attached hydrogens (tertiary/aromatic N) is 5. The van der Waals surface area contributed by atoms with Crippen LogP contribution in [0.4, 0.5) is 33.7 Å². The monoisotopic (exact) mass is 697 g/mol. The van der Waals surface area contributed by atoms with Crippen molar-refractivity contribution < 1.29 is 36.6 Å². The van der Waals surface area contributed by atoms with Crippen LogP contribution in [0.5, 0.6) is 17.4 Å². The molecule has 1 aliphatic heterocycles. The molecule has 0 saturated carbocycles. The summed E-state index contributed by atoms with van der Waals surface area (Å²) in [5, 5.41) is 4.69. The molecule has 0 atom stereocenters. The number of hydrogen-bond acceptors (Lipinski definition) is 9. The van der Waals surface area contributed by atoms with Crippen LogP contribution in [0, 0.1) is 12.7 Å². The van der Waals surface area contributed by atoms with E-state index >= 15 is 4.39 Å². The first-order chi connectivity index (χ1) is 24.0. The Bertz CT molecular complexity index is 1780. The standard InChI is InChI=1S/C35H39F4N7O4/c1-5-45-11-13-46(14-12-45)20-25-15-28(36)29(17-27(25)35(37,38)39)43-34(47)44-30-19-40-32(42-22(30)3)24-16-31(49-6-2)33(41-18-24)50-21-23-7-9-26(48-4)10-8-23/h7-10,15-19H,5-6,11-14,20-21H2,1-4H3,(H2,43,44,47). The average molecular weight is 698 g/mol. The van der Waals surface area contributed by atoms with E-state index in [1.165, 1.54) is 12.4 Å². The second kappa shape index (κ2) is 16.1. The lowest BCUT2D eigenvalue weighted by molar-refractivity contribution is -0.138. The van der Waals surface area contributed by atoms with E-state index < -0.39 is 29.3 Å². The summed E-state index contributed by atoms with van der Waals surface area (Å²) in [6, 6.07) is 9.61. The normalized spacial score (nSPS) is 13.9. The van der Waals surface area contributed by atoms with Crippen LogP contribution in [-0.4, -0.2) is 77.2 Å². The number of anilines is 2. The third-order valence-corrected chi connectivity index (χ3v) is 8.19. The highest BCUT2D eigenvalue weighted by atomic mass is 19.4. The van der Waals surface area contributed by atoms with Gasteiger partial charge in [-0.2, -0.15) is 13.2 Å². The van der Waals surface area contributed by atoms with E-state index in [-0.39, 0.29) is 36.1 Å². The van der Waals surface area contributed by atoms with Crippen molar-refractivity contribution in [1.29, 1.82) is 0 Å². The third-order valence-electron chi connectivity index (χ3n) is 8.19. The fourth-order valence-corrected chi connectivity index (χ4v) is 5.41. The molecule has 11 nitrogen and oxygen atoms in total. The highest BCUT2D eigenvalue weighted by Gasteiger charge is 2.35. The zero-order valence-electron chi connectivity index (χ0n) is 28.2. The van der Waals surface area contributed by atoms with Gasteiger partial charge < -0.3 is 29.7 Å². The van der Waals surface area contributed by atoms with Crippen molar-refractivity contribution in [3.8, 4) is 28.8 Å². The Labute approximate surface area is 287 Å². The summed E-state index contributed by atoms with van der Waals surface area (Å²) in [5.74, 6) is 0.686. The second-order valence-corrected chi connectivity index (χ2v) is 11.6. The largest absolute Gasteiger partial charge is 0.497 e. The fraction of sp³-hybridized carbons (Fsp3) is 0.371. The second-order valence-electron chi connectivity index (χ2n) is 11.6. The minimum absolute atomic E-state index is 0.0558. The number of hydrogen-bond donors (Lipinski definition) is 2. The lowest BCUT2D eigenvalue weighted by Crippen LogP contribution is -2.45. The molecular formula is C35H39F4N7O4. The predicted octanol–water partition coefficient (Wildman–Crippen LogP) is 6.77. The predicted molar refractivity (Wildman–Crippen MR) is 180 cm³/mol. The van der Waals surface area contributed by atoms with E-state index in [2.05, 4.69) is 30.5 Å². The molecule has 15 heteroatoms. The van der Waals surface area contributed by atoms with Crippen molar-refractivity contribution in [3.63, 3.8) is 0 Å². The lowest BCUT2D eigenvalue weighted by Gasteiger charge is -2.34. The van der Waals surface area contributed by atoms with Crippen molar-refractivity contribution in [3.05, 3.63) is 83.1 Å². The van der Waals surface area contributed by atoms with E-state index in [1.807, 2.05) is 43.0 Å². The van der Waals surface area contributed by atoms with E-state index in [9.17, 15) is 18.0 Å². The van der Waals surface area contributed by atoms with Gasteiger partial charge in [0.25, 0.3) is 5.88 Å². The summed E-state index contributed by atoms with van der Waals surface area (Å²) in [4.78, 5) is 30.1. The van der Waals surface area contributed by atoms with Crippen molar-refractivity contribution in [1.82, 2.24) is 24.8 Å². The molecule has 2 aromatic carbocycles. The molecule has 2 N–H and O–H groups in total. The van der Waals surface area contributed by atoms with Crippen molar-refractivity contribution >= 4 is 17.4 Å². The zero-order chi connectivity index (χ0) is 35.8. The molecule has 2 amide bonds. The first-order valence-electron chi connectivity index (χ1n) is 16.1. The van der Waals surface area contributed by atoms with Gasteiger partial charge in [0, 0.05) is 44.5 Å². The van der Waals surface area contributed by atoms with E-state index in [0.717, 1.165) is 37.0 Å². The number of piperazine rings is 1. The number of carbonyl (C=O) groups excluding carboxylic acids is 1. The van der Waals surface area contributed by atoms with Crippen LogP contribution in [0.15, 0.2) is 54.9 Å². The average Bonchev–Trinajstić information content (AvgIpc) is 3.10. The summed E-state index contributed by atoms with van der Waals surface area (Å²) in [7, 11) is 1.59. The number of benzene rings is 2. The smallest absolute Gasteiger partial charge is 0.416 e. The first-order valence-corrected chi connectivity index (χ1v) is 16.1. The van der Waals surface area contributed by atoms with Crippen LogP contribution in [0.3, 0.4) is 0 Å². The van der Waals surface area contributed by atoms with Crippen LogP contribution in [0.25, 0.3) is 11.4 Å². The van der Waals surface area contributed by atoms with Gasteiger partial charge in [0.2, 0.25) is 0 Å². The van der Waals surface area contributed by atoms with Crippen molar-refractivity contribution in [2.24, 2.45) is 0 Å². The molecule has 2 aromatic heterocycles.